The maximum atomic E-state index is 14.4. The van der Waals surface area contributed by atoms with Crippen LogP contribution in [0.15, 0.2) is 78.8 Å². The topological polar surface area (TPSA) is 105 Å². The number of ether oxygens (including phenoxy) is 2. The molecule has 0 amide bonds. The lowest BCUT2D eigenvalue weighted by molar-refractivity contribution is -0.108. The molecule has 200 valence electrons. The first-order valence-corrected chi connectivity index (χ1v) is 12.8. The SMILES string of the molecule is COc1ccc(-c2nn(C(C)C3=C(c4cccc(F)c4)C(C=O)c4ccccc4O3)c3ncnc(N)c23)cc1Cl. The maximum Gasteiger partial charge on any atom is 0.164 e. The van der Waals surface area contributed by atoms with Gasteiger partial charge in [0.15, 0.2) is 5.65 Å². The molecular weight excluding hydrogens is 533 g/mol. The highest BCUT2D eigenvalue weighted by Gasteiger charge is 2.35. The molecule has 2 atom stereocenters. The molecule has 0 aliphatic carbocycles. The van der Waals surface area contributed by atoms with Crippen molar-refractivity contribution in [2.24, 2.45) is 0 Å². The van der Waals surface area contributed by atoms with E-state index in [-0.39, 0.29) is 5.82 Å². The van der Waals surface area contributed by atoms with Crippen LogP contribution >= 0.6 is 11.6 Å². The Balaban J connectivity index is 1.59. The van der Waals surface area contributed by atoms with E-state index in [0.717, 1.165) is 6.29 Å². The highest BCUT2D eigenvalue weighted by molar-refractivity contribution is 6.32. The number of nitrogen functional groups attached to an aromatic ring is 1. The van der Waals surface area contributed by atoms with Gasteiger partial charge in [-0.2, -0.15) is 5.10 Å². The van der Waals surface area contributed by atoms with E-state index in [1.165, 1.54) is 25.6 Å². The van der Waals surface area contributed by atoms with Gasteiger partial charge < -0.3 is 20.0 Å². The van der Waals surface area contributed by atoms with Gasteiger partial charge in [0.2, 0.25) is 0 Å². The van der Waals surface area contributed by atoms with E-state index in [0.29, 0.717) is 61.3 Å². The Morgan fingerprint density at radius 1 is 1.10 bits per heavy atom. The number of methoxy groups -OCH3 is 1. The minimum Gasteiger partial charge on any atom is -0.495 e. The number of carbonyl (C=O) groups is 1. The number of fused-ring (bicyclic) bond motifs is 2. The number of nitrogens with two attached hydrogens (primary N) is 1. The minimum absolute atomic E-state index is 0.241. The third-order valence-electron chi connectivity index (χ3n) is 7.01. The number of nitrogens with zero attached hydrogens (tertiary/aromatic N) is 4. The normalized spacial score (nSPS) is 15.4. The summed E-state index contributed by atoms with van der Waals surface area (Å²) in [5.74, 6) is 0.614. The zero-order chi connectivity index (χ0) is 28.0. The third kappa shape index (κ3) is 4.15. The number of para-hydroxylation sites is 1. The Labute approximate surface area is 233 Å². The second kappa shape index (κ2) is 10.1. The molecule has 10 heteroatoms. The van der Waals surface area contributed by atoms with Crippen LogP contribution in [-0.4, -0.2) is 33.1 Å². The van der Waals surface area contributed by atoms with Crippen molar-refractivity contribution in [1.82, 2.24) is 19.7 Å². The summed E-state index contributed by atoms with van der Waals surface area (Å²) in [5, 5.41) is 5.84. The number of aromatic nitrogens is 4. The van der Waals surface area contributed by atoms with Crippen LogP contribution in [0.3, 0.4) is 0 Å². The van der Waals surface area contributed by atoms with Gasteiger partial charge in [-0.15, -0.1) is 0 Å². The van der Waals surface area contributed by atoms with Gasteiger partial charge >= 0.3 is 0 Å². The number of allylic oxidation sites excluding steroid dienone is 2. The van der Waals surface area contributed by atoms with Gasteiger partial charge in [0.25, 0.3) is 0 Å². The van der Waals surface area contributed by atoms with E-state index in [1.54, 1.807) is 35.0 Å². The standard InChI is InChI=1S/C30H23ClFN5O3/c1-16(28-25(17-6-5-7-19(32)12-17)21(14-38)20-8-3-4-9-23(20)40-28)37-30-26(29(33)34-15-35-30)27(36-37)18-10-11-24(39-2)22(31)13-18/h3-16,21H,1-2H3,(H2,33,34,35). The van der Waals surface area contributed by atoms with Crippen molar-refractivity contribution in [1.29, 1.82) is 0 Å². The van der Waals surface area contributed by atoms with Crippen LogP contribution in [0.2, 0.25) is 5.02 Å². The van der Waals surface area contributed by atoms with Crippen molar-refractivity contribution in [2.45, 2.75) is 18.9 Å². The van der Waals surface area contributed by atoms with Crippen LogP contribution in [0.4, 0.5) is 10.2 Å². The number of anilines is 1. The Bertz CT molecular complexity index is 1820. The Morgan fingerprint density at radius 3 is 2.67 bits per heavy atom. The van der Waals surface area contributed by atoms with Crippen molar-refractivity contribution < 1.29 is 18.7 Å². The first-order valence-electron chi connectivity index (χ1n) is 12.5. The summed E-state index contributed by atoms with van der Waals surface area (Å²) in [6.07, 6.45) is 2.21. The molecule has 5 aromatic rings. The summed E-state index contributed by atoms with van der Waals surface area (Å²) in [6, 6.07) is 18.1. The summed E-state index contributed by atoms with van der Waals surface area (Å²) in [4.78, 5) is 21.2. The van der Waals surface area contributed by atoms with E-state index in [2.05, 4.69) is 9.97 Å². The Hall–Kier alpha value is -4.76. The van der Waals surface area contributed by atoms with E-state index in [4.69, 9.17) is 31.9 Å². The van der Waals surface area contributed by atoms with Gasteiger partial charge in [0.05, 0.1) is 23.4 Å². The number of hydrogen-bond acceptors (Lipinski definition) is 7. The highest BCUT2D eigenvalue weighted by atomic mass is 35.5. The first kappa shape index (κ1) is 25.5. The van der Waals surface area contributed by atoms with E-state index >= 15 is 0 Å². The fraction of sp³-hybridized carbons (Fsp3) is 0.133. The van der Waals surface area contributed by atoms with Crippen LogP contribution < -0.4 is 15.2 Å². The molecular formula is C30H23ClFN5O3. The van der Waals surface area contributed by atoms with E-state index in [1.807, 2.05) is 31.2 Å². The summed E-state index contributed by atoms with van der Waals surface area (Å²) in [5.41, 5.74) is 9.75. The van der Waals surface area contributed by atoms with Gasteiger partial charge in [0.1, 0.15) is 53.2 Å². The quantitative estimate of drug-likeness (QED) is 0.248. The molecule has 6 rings (SSSR count). The Kier molecular flexibility index (Phi) is 6.43. The lowest BCUT2D eigenvalue weighted by Gasteiger charge is -2.31. The molecule has 0 saturated carbocycles. The highest BCUT2D eigenvalue weighted by Crippen LogP contribution is 2.46. The molecule has 40 heavy (non-hydrogen) atoms. The second-order valence-electron chi connectivity index (χ2n) is 9.32. The predicted octanol–water partition coefficient (Wildman–Crippen LogP) is 6.22. The predicted molar refractivity (Wildman–Crippen MR) is 151 cm³/mol. The monoisotopic (exact) mass is 555 g/mol. The smallest absolute Gasteiger partial charge is 0.164 e. The molecule has 1 aliphatic rings. The van der Waals surface area contributed by atoms with Crippen molar-refractivity contribution in [3.8, 4) is 22.8 Å². The number of halogens is 2. The average Bonchev–Trinajstić information content (AvgIpc) is 3.36. The zero-order valence-electron chi connectivity index (χ0n) is 21.5. The van der Waals surface area contributed by atoms with Crippen molar-refractivity contribution in [3.05, 3.63) is 101 Å². The number of hydrogen-bond donors (Lipinski definition) is 1. The lowest BCUT2D eigenvalue weighted by Crippen LogP contribution is -2.23. The molecule has 8 nitrogen and oxygen atoms in total. The van der Waals surface area contributed by atoms with Crippen LogP contribution in [-0.2, 0) is 4.79 Å². The summed E-state index contributed by atoms with van der Waals surface area (Å²) in [6.45, 7) is 1.87. The molecule has 0 radical (unpaired) electrons. The fourth-order valence-corrected chi connectivity index (χ4v) is 5.39. The lowest BCUT2D eigenvalue weighted by atomic mass is 9.83. The maximum absolute atomic E-state index is 14.4. The number of carbonyl (C=O) groups excluding carboxylic acids is 1. The van der Waals surface area contributed by atoms with E-state index < -0.39 is 17.8 Å². The first-order chi connectivity index (χ1) is 19.4. The Morgan fingerprint density at radius 2 is 1.93 bits per heavy atom. The zero-order valence-corrected chi connectivity index (χ0v) is 22.3. The second-order valence-corrected chi connectivity index (χ2v) is 9.73. The largest absolute Gasteiger partial charge is 0.495 e. The molecule has 0 spiro atoms. The van der Waals surface area contributed by atoms with Gasteiger partial charge in [-0.3, -0.25) is 0 Å². The van der Waals surface area contributed by atoms with Crippen molar-refractivity contribution >= 4 is 40.3 Å². The van der Waals surface area contributed by atoms with Gasteiger partial charge in [0, 0.05) is 16.7 Å². The van der Waals surface area contributed by atoms with Crippen LogP contribution in [0.5, 0.6) is 11.5 Å². The fourth-order valence-electron chi connectivity index (χ4n) is 5.13. The number of benzene rings is 3. The summed E-state index contributed by atoms with van der Waals surface area (Å²) in [7, 11) is 1.54. The van der Waals surface area contributed by atoms with Crippen LogP contribution in [0.1, 0.15) is 30.0 Å². The molecule has 2 N–H and O–H groups in total. The molecule has 3 aromatic carbocycles. The minimum atomic E-state index is -0.689. The molecule has 3 heterocycles. The van der Waals surface area contributed by atoms with Crippen LogP contribution in [0, 0.1) is 5.82 Å². The molecule has 1 aliphatic heterocycles. The number of aldehydes is 1. The molecule has 2 unspecified atom stereocenters. The average molecular weight is 556 g/mol. The number of rotatable bonds is 6. The molecule has 0 fully saturated rings. The van der Waals surface area contributed by atoms with Crippen molar-refractivity contribution in [3.63, 3.8) is 0 Å². The van der Waals surface area contributed by atoms with Gasteiger partial charge in [-0.1, -0.05) is 41.9 Å². The van der Waals surface area contributed by atoms with E-state index in [9.17, 15) is 9.18 Å². The van der Waals surface area contributed by atoms with Gasteiger partial charge in [-0.05, 0) is 48.9 Å². The van der Waals surface area contributed by atoms with Crippen molar-refractivity contribution in [2.75, 3.05) is 12.8 Å². The third-order valence-corrected chi connectivity index (χ3v) is 7.31. The van der Waals surface area contributed by atoms with Gasteiger partial charge in [-0.25, -0.2) is 19.0 Å². The molecule has 0 bridgehead atoms. The van der Waals surface area contributed by atoms with Crippen LogP contribution in [0.25, 0.3) is 27.9 Å². The molecule has 2 aromatic heterocycles. The molecule has 0 saturated heterocycles. The summed E-state index contributed by atoms with van der Waals surface area (Å²) >= 11 is 6.43. The summed E-state index contributed by atoms with van der Waals surface area (Å²) < 4.78 is 27.8.